The van der Waals surface area contributed by atoms with Gasteiger partial charge in [-0.15, -0.1) is 0 Å². The summed E-state index contributed by atoms with van der Waals surface area (Å²) in [6.07, 6.45) is 5.02. The van der Waals surface area contributed by atoms with Gasteiger partial charge in [-0.25, -0.2) is 0 Å². The van der Waals surface area contributed by atoms with Crippen LogP contribution in [0.1, 0.15) is 52.4 Å². The highest BCUT2D eigenvalue weighted by Crippen LogP contribution is 2.26. The van der Waals surface area contributed by atoms with Crippen LogP contribution in [0.15, 0.2) is 0 Å². The summed E-state index contributed by atoms with van der Waals surface area (Å²) in [6.45, 7) is 4.41. The van der Waals surface area contributed by atoms with Gasteiger partial charge in [0.05, 0.1) is 13.0 Å². The molecule has 1 fully saturated rings. The molecule has 0 aromatic heterocycles. The Morgan fingerprint density at radius 2 is 1.78 bits per heavy atom. The molecule has 0 aliphatic heterocycles. The zero-order valence-corrected chi connectivity index (χ0v) is 11.8. The van der Waals surface area contributed by atoms with Crippen molar-refractivity contribution in [1.82, 2.24) is 4.90 Å². The summed E-state index contributed by atoms with van der Waals surface area (Å²) >= 11 is 0. The number of amides is 1. The second-order valence-electron chi connectivity index (χ2n) is 5.22. The molecule has 1 aliphatic carbocycles. The third-order valence-electron chi connectivity index (χ3n) is 3.77. The molecule has 0 heterocycles. The van der Waals surface area contributed by atoms with Crippen LogP contribution in [-0.4, -0.2) is 36.5 Å². The van der Waals surface area contributed by atoms with E-state index < -0.39 is 0 Å². The smallest absolute Gasteiger partial charge is 0.306 e. The lowest BCUT2D eigenvalue weighted by Gasteiger charge is -2.33. The van der Waals surface area contributed by atoms with E-state index in [-0.39, 0.29) is 24.7 Å². The Morgan fingerprint density at radius 1 is 1.17 bits per heavy atom. The fraction of sp³-hybridized carbons (Fsp3) is 0.857. The predicted octanol–water partition coefficient (Wildman–Crippen LogP) is 2.37. The molecule has 0 N–H and O–H groups in total. The molecule has 4 heteroatoms. The van der Waals surface area contributed by atoms with E-state index in [9.17, 15) is 9.59 Å². The summed E-state index contributed by atoms with van der Waals surface area (Å²) in [5, 5.41) is 0. The molecule has 1 amide bonds. The number of hydrogen-bond acceptors (Lipinski definition) is 3. The van der Waals surface area contributed by atoms with Crippen molar-refractivity contribution in [3.05, 3.63) is 0 Å². The van der Waals surface area contributed by atoms with Crippen LogP contribution in [0.4, 0.5) is 0 Å². The Balaban J connectivity index is 2.30. The number of rotatable bonds is 5. The minimum absolute atomic E-state index is 0.0580. The Kier molecular flexibility index (Phi) is 6.16. The van der Waals surface area contributed by atoms with Crippen molar-refractivity contribution in [1.29, 1.82) is 0 Å². The molecule has 1 rings (SSSR count). The van der Waals surface area contributed by atoms with Crippen LogP contribution in [0.5, 0.6) is 0 Å². The topological polar surface area (TPSA) is 46.6 Å². The van der Waals surface area contributed by atoms with Crippen LogP contribution < -0.4 is 0 Å². The fourth-order valence-corrected chi connectivity index (χ4v) is 2.45. The second kappa shape index (κ2) is 7.39. The van der Waals surface area contributed by atoms with Gasteiger partial charge in [-0.3, -0.25) is 9.59 Å². The lowest BCUT2D eigenvalue weighted by Crippen LogP contribution is -2.39. The highest BCUT2D eigenvalue weighted by atomic mass is 16.5. The maximum absolute atomic E-state index is 12.0. The molecule has 1 saturated carbocycles. The Hall–Kier alpha value is -1.06. The molecule has 4 nitrogen and oxygen atoms in total. The van der Waals surface area contributed by atoms with Crippen molar-refractivity contribution in [3.63, 3.8) is 0 Å². The molecule has 0 bridgehead atoms. The first-order chi connectivity index (χ1) is 8.54. The quantitative estimate of drug-likeness (QED) is 0.708. The van der Waals surface area contributed by atoms with Crippen LogP contribution in [0.25, 0.3) is 0 Å². The van der Waals surface area contributed by atoms with Gasteiger partial charge in [-0.2, -0.15) is 0 Å². The van der Waals surface area contributed by atoms with E-state index in [1.165, 1.54) is 12.8 Å². The first kappa shape index (κ1) is 15.0. The van der Waals surface area contributed by atoms with Gasteiger partial charge in [-0.1, -0.05) is 6.92 Å². The van der Waals surface area contributed by atoms with Crippen LogP contribution in [-0.2, 0) is 14.3 Å². The molecule has 0 radical (unpaired) electrons. The van der Waals surface area contributed by atoms with Gasteiger partial charge in [0.1, 0.15) is 0 Å². The van der Waals surface area contributed by atoms with Gasteiger partial charge in [0.25, 0.3) is 0 Å². The third kappa shape index (κ3) is 4.67. The Labute approximate surface area is 110 Å². The average Bonchev–Trinajstić information content (AvgIpc) is 2.36. The van der Waals surface area contributed by atoms with Gasteiger partial charge in [0, 0.05) is 19.5 Å². The Bertz CT molecular complexity index is 283. The number of nitrogens with zero attached hydrogens (tertiary/aromatic N) is 1. The van der Waals surface area contributed by atoms with E-state index in [4.69, 9.17) is 4.74 Å². The summed E-state index contributed by atoms with van der Waals surface area (Å²) in [5.74, 6) is 0.559. The molecule has 0 atom stereocenters. The van der Waals surface area contributed by atoms with Crippen molar-refractivity contribution < 1.29 is 14.3 Å². The molecule has 1 aliphatic rings. The normalized spacial score (nSPS) is 23.5. The van der Waals surface area contributed by atoms with Crippen molar-refractivity contribution in [2.45, 2.75) is 58.4 Å². The van der Waals surface area contributed by atoms with Gasteiger partial charge in [0.15, 0.2) is 0 Å². The van der Waals surface area contributed by atoms with Crippen molar-refractivity contribution in [2.75, 3.05) is 13.7 Å². The summed E-state index contributed by atoms with van der Waals surface area (Å²) in [4.78, 5) is 25.0. The molecule has 0 spiro atoms. The lowest BCUT2D eigenvalue weighted by molar-refractivity contribution is -0.146. The number of ether oxygens (including phenoxy) is 1. The standard InChI is InChI=1S/C14H25NO3/c1-4-18-14(17)10-9-13(16)15(3)12-7-5-11(2)6-8-12/h11-12H,4-10H2,1-3H3. The summed E-state index contributed by atoms with van der Waals surface area (Å²) < 4.78 is 4.82. The molecule has 0 aromatic rings. The number of carbonyl (C=O) groups is 2. The number of carbonyl (C=O) groups excluding carboxylic acids is 2. The van der Waals surface area contributed by atoms with Crippen LogP contribution in [0.2, 0.25) is 0 Å². The van der Waals surface area contributed by atoms with E-state index in [0.29, 0.717) is 12.6 Å². The maximum atomic E-state index is 12.0. The summed E-state index contributed by atoms with van der Waals surface area (Å²) in [6, 6.07) is 0.357. The molecule has 0 aromatic carbocycles. The predicted molar refractivity (Wildman–Crippen MR) is 70.1 cm³/mol. The second-order valence-corrected chi connectivity index (χ2v) is 5.22. The minimum Gasteiger partial charge on any atom is -0.466 e. The minimum atomic E-state index is -0.281. The SMILES string of the molecule is CCOC(=O)CCC(=O)N(C)C1CCC(C)CC1. The van der Waals surface area contributed by atoms with E-state index in [1.807, 2.05) is 11.9 Å². The summed E-state index contributed by atoms with van der Waals surface area (Å²) in [5.41, 5.74) is 0. The highest BCUT2D eigenvalue weighted by Gasteiger charge is 2.24. The van der Waals surface area contributed by atoms with Gasteiger partial charge >= 0.3 is 5.97 Å². The van der Waals surface area contributed by atoms with Gasteiger partial charge in [-0.05, 0) is 38.5 Å². The number of esters is 1. The van der Waals surface area contributed by atoms with Gasteiger partial charge in [0.2, 0.25) is 5.91 Å². The summed E-state index contributed by atoms with van der Waals surface area (Å²) in [7, 11) is 1.86. The molecule has 0 unspecified atom stereocenters. The van der Waals surface area contributed by atoms with Crippen molar-refractivity contribution in [2.24, 2.45) is 5.92 Å². The highest BCUT2D eigenvalue weighted by molar-refractivity contribution is 5.81. The average molecular weight is 255 g/mol. The zero-order valence-electron chi connectivity index (χ0n) is 11.8. The van der Waals surface area contributed by atoms with Gasteiger partial charge < -0.3 is 9.64 Å². The van der Waals surface area contributed by atoms with E-state index in [0.717, 1.165) is 18.8 Å². The molecule has 104 valence electrons. The first-order valence-electron chi connectivity index (χ1n) is 6.95. The first-order valence-corrected chi connectivity index (χ1v) is 6.95. The zero-order chi connectivity index (χ0) is 13.5. The largest absolute Gasteiger partial charge is 0.466 e. The molecular formula is C14H25NO3. The molecule has 18 heavy (non-hydrogen) atoms. The molecule has 0 saturated heterocycles. The monoisotopic (exact) mass is 255 g/mol. The van der Waals surface area contributed by atoms with Crippen LogP contribution in [0.3, 0.4) is 0 Å². The van der Waals surface area contributed by atoms with Crippen molar-refractivity contribution in [3.8, 4) is 0 Å². The number of hydrogen-bond donors (Lipinski definition) is 0. The lowest BCUT2D eigenvalue weighted by atomic mass is 9.86. The van der Waals surface area contributed by atoms with E-state index in [1.54, 1.807) is 6.92 Å². The third-order valence-corrected chi connectivity index (χ3v) is 3.77. The van der Waals surface area contributed by atoms with Crippen LogP contribution >= 0.6 is 0 Å². The van der Waals surface area contributed by atoms with E-state index >= 15 is 0 Å². The van der Waals surface area contributed by atoms with Crippen LogP contribution in [0, 0.1) is 5.92 Å². The fourth-order valence-electron chi connectivity index (χ4n) is 2.45. The maximum Gasteiger partial charge on any atom is 0.306 e. The van der Waals surface area contributed by atoms with Crippen molar-refractivity contribution >= 4 is 11.9 Å². The Morgan fingerprint density at radius 3 is 2.33 bits per heavy atom. The van der Waals surface area contributed by atoms with E-state index in [2.05, 4.69) is 6.92 Å². The molecular weight excluding hydrogens is 230 g/mol.